The average Bonchev–Trinajstić information content (AvgIpc) is 2.62. The van der Waals surface area contributed by atoms with Gasteiger partial charge in [-0.15, -0.1) is 0 Å². The van der Waals surface area contributed by atoms with Crippen LogP contribution in [0.3, 0.4) is 0 Å². The van der Waals surface area contributed by atoms with Crippen LogP contribution in [0.2, 0.25) is 0 Å². The SMILES string of the molecule is COC(/C=C/C=C/C=C/C=C/c1ccccc1)c1ccccc1. The van der Waals surface area contributed by atoms with Gasteiger partial charge in [0.1, 0.15) is 6.10 Å². The Labute approximate surface area is 138 Å². The molecule has 0 aliphatic heterocycles. The third kappa shape index (κ3) is 6.33. The summed E-state index contributed by atoms with van der Waals surface area (Å²) in [5, 5.41) is 0. The van der Waals surface area contributed by atoms with Crippen LogP contribution in [-0.4, -0.2) is 7.11 Å². The van der Waals surface area contributed by atoms with Crippen LogP contribution in [0.5, 0.6) is 0 Å². The van der Waals surface area contributed by atoms with Crippen molar-refractivity contribution in [2.45, 2.75) is 6.10 Å². The van der Waals surface area contributed by atoms with Gasteiger partial charge in [-0.3, -0.25) is 0 Å². The Morgan fingerprint density at radius 1 is 0.696 bits per heavy atom. The predicted molar refractivity (Wildman–Crippen MR) is 99.1 cm³/mol. The van der Waals surface area contributed by atoms with Crippen LogP contribution in [0, 0.1) is 0 Å². The van der Waals surface area contributed by atoms with Crippen LogP contribution in [-0.2, 0) is 4.74 Å². The minimum Gasteiger partial charge on any atom is -0.373 e. The first-order chi connectivity index (χ1) is 11.4. The van der Waals surface area contributed by atoms with Gasteiger partial charge in [0.25, 0.3) is 0 Å². The number of rotatable bonds is 7. The lowest BCUT2D eigenvalue weighted by Gasteiger charge is -2.10. The van der Waals surface area contributed by atoms with Gasteiger partial charge in [-0.25, -0.2) is 0 Å². The fourth-order valence-electron chi connectivity index (χ4n) is 2.12. The van der Waals surface area contributed by atoms with E-state index in [2.05, 4.69) is 30.3 Å². The maximum atomic E-state index is 5.48. The number of benzene rings is 2. The summed E-state index contributed by atoms with van der Waals surface area (Å²) in [6.45, 7) is 0. The van der Waals surface area contributed by atoms with Crippen molar-refractivity contribution in [1.82, 2.24) is 0 Å². The molecule has 0 heterocycles. The maximum absolute atomic E-state index is 5.48. The van der Waals surface area contributed by atoms with Crippen molar-refractivity contribution in [1.29, 1.82) is 0 Å². The normalized spacial score (nSPS) is 13.6. The molecule has 0 fully saturated rings. The molecule has 2 aromatic carbocycles. The van der Waals surface area contributed by atoms with Gasteiger partial charge in [0.05, 0.1) is 0 Å². The largest absolute Gasteiger partial charge is 0.373 e. The van der Waals surface area contributed by atoms with Crippen molar-refractivity contribution in [3.8, 4) is 0 Å². The summed E-state index contributed by atoms with van der Waals surface area (Å²) in [6, 6.07) is 20.4. The lowest BCUT2D eigenvalue weighted by Crippen LogP contribution is -1.96. The third-order valence-corrected chi connectivity index (χ3v) is 3.31. The molecule has 1 nitrogen and oxygen atoms in total. The molecule has 0 saturated carbocycles. The van der Waals surface area contributed by atoms with E-state index in [1.54, 1.807) is 7.11 Å². The van der Waals surface area contributed by atoms with Crippen molar-refractivity contribution < 1.29 is 4.74 Å². The average molecular weight is 302 g/mol. The molecule has 23 heavy (non-hydrogen) atoms. The number of hydrogen-bond acceptors (Lipinski definition) is 1. The van der Waals surface area contributed by atoms with Crippen LogP contribution in [0.25, 0.3) is 6.08 Å². The molecule has 0 aliphatic carbocycles. The zero-order chi connectivity index (χ0) is 16.2. The quantitative estimate of drug-likeness (QED) is 0.591. The Kier molecular flexibility index (Phi) is 7.38. The number of methoxy groups -OCH3 is 1. The highest BCUT2D eigenvalue weighted by Gasteiger charge is 2.03. The van der Waals surface area contributed by atoms with Crippen LogP contribution in [0.15, 0.2) is 103 Å². The van der Waals surface area contributed by atoms with Gasteiger partial charge < -0.3 is 4.74 Å². The van der Waals surface area contributed by atoms with E-state index in [9.17, 15) is 0 Å². The van der Waals surface area contributed by atoms with Crippen LogP contribution >= 0.6 is 0 Å². The van der Waals surface area contributed by atoms with Gasteiger partial charge in [-0.2, -0.15) is 0 Å². The Balaban J connectivity index is 1.81. The summed E-state index contributed by atoms with van der Waals surface area (Å²) in [7, 11) is 1.72. The smallest absolute Gasteiger partial charge is 0.101 e. The minimum absolute atomic E-state index is 0.0113. The fraction of sp³-hybridized carbons (Fsp3) is 0.0909. The molecule has 116 valence electrons. The van der Waals surface area contributed by atoms with Gasteiger partial charge in [0.2, 0.25) is 0 Å². The molecule has 0 spiro atoms. The molecule has 0 N–H and O–H groups in total. The van der Waals surface area contributed by atoms with E-state index in [-0.39, 0.29) is 6.10 Å². The summed E-state index contributed by atoms with van der Waals surface area (Å²) in [5.74, 6) is 0. The molecule has 1 heteroatoms. The Hall–Kier alpha value is -2.64. The fourth-order valence-corrected chi connectivity index (χ4v) is 2.12. The molecule has 0 saturated heterocycles. The van der Waals surface area contributed by atoms with E-state index in [4.69, 9.17) is 4.74 Å². The number of allylic oxidation sites excluding steroid dienone is 6. The molecule has 0 aromatic heterocycles. The zero-order valence-electron chi connectivity index (χ0n) is 13.4. The summed E-state index contributed by atoms with van der Waals surface area (Å²) >= 11 is 0. The highest BCUT2D eigenvalue weighted by atomic mass is 16.5. The Morgan fingerprint density at radius 2 is 1.26 bits per heavy atom. The van der Waals surface area contributed by atoms with Gasteiger partial charge in [-0.1, -0.05) is 109 Å². The monoisotopic (exact) mass is 302 g/mol. The van der Waals surface area contributed by atoms with Crippen LogP contribution < -0.4 is 0 Å². The highest BCUT2D eigenvalue weighted by molar-refractivity contribution is 5.50. The van der Waals surface area contributed by atoms with Gasteiger partial charge in [0, 0.05) is 7.11 Å². The minimum atomic E-state index is -0.0113. The summed E-state index contributed by atoms with van der Waals surface area (Å²) < 4.78 is 5.48. The molecule has 1 unspecified atom stereocenters. The van der Waals surface area contributed by atoms with Crippen molar-refractivity contribution in [3.63, 3.8) is 0 Å². The second-order valence-electron chi connectivity index (χ2n) is 4.99. The Bertz CT molecular complexity index is 664. The van der Waals surface area contributed by atoms with Crippen LogP contribution in [0.1, 0.15) is 17.2 Å². The second-order valence-corrected chi connectivity index (χ2v) is 4.99. The zero-order valence-corrected chi connectivity index (χ0v) is 13.4. The van der Waals surface area contributed by atoms with E-state index in [0.29, 0.717) is 0 Å². The molecule has 0 amide bonds. The van der Waals surface area contributed by atoms with Gasteiger partial charge in [-0.05, 0) is 11.1 Å². The molecule has 2 aromatic rings. The molecular weight excluding hydrogens is 280 g/mol. The summed E-state index contributed by atoms with van der Waals surface area (Å²) in [6.07, 6.45) is 16.2. The third-order valence-electron chi connectivity index (χ3n) is 3.31. The molecule has 0 radical (unpaired) electrons. The lowest BCUT2D eigenvalue weighted by atomic mass is 10.1. The van der Waals surface area contributed by atoms with E-state index in [0.717, 1.165) is 5.56 Å². The van der Waals surface area contributed by atoms with Crippen molar-refractivity contribution >= 4 is 6.08 Å². The predicted octanol–water partition coefficient (Wildman–Crippen LogP) is 5.76. The molecular formula is C22H22O. The number of ether oxygens (including phenoxy) is 1. The van der Waals surface area contributed by atoms with E-state index in [1.165, 1.54) is 5.56 Å². The number of hydrogen-bond donors (Lipinski definition) is 0. The second kappa shape index (κ2) is 10.1. The van der Waals surface area contributed by atoms with Crippen LogP contribution in [0.4, 0.5) is 0 Å². The topological polar surface area (TPSA) is 9.23 Å². The molecule has 1 atom stereocenters. The first-order valence-electron chi connectivity index (χ1n) is 7.71. The lowest BCUT2D eigenvalue weighted by molar-refractivity contribution is 0.143. The summed E-state index contributed by atoms with van der Waals surface area (Å²) in [5.41, 5.74) is 2.35. The molecule has 2 rings (SSSR count). The van der Waals surface area contributed by atoms with Crippen molar-refractivity contribution in [3.05, 3.63) is 114 Å². The van der Waals surface area contributed by atoms with Gasteiger partial charge in [0.15, 0.2) is 0 Å². The van der Waals surface area contributed by atoms with Crippen molar-refractivity contribution in [2.75, 3.05) is 7.11 Å². The van der Waals surface area contributed by atoms with E-state index in [1.807, 2.05) is 78.9 Å². The first-order valence-corrected chi connectivity index (χ1v) is 7.71. The van der Waals surface area contributed by atoms with E-state index >= 15 is 0 Å². The van der Waals surface area contributed by atoms with Gasteiger partial charge >= 0.3 is 0 Å². The first kappa shape index (κ1) is 16.7. The molecule has 0 bridgehead atoms. The molecule has 0 aliphatic rings. The Morgan fingerprint density at radius 3 is 1.91 bits per heavy atom. The maximum Gasteiger partial charge on any atom is 0.101 e. The standard InChI is InChI=1S/C22H22O/c1-23-22(21-17-11-7-12-18-21)19-13-5-3-2-4-8-14-20-15-9-6-10-16-20/h2-19,22H,1H3/b4-2+,5-3+,14-8+,19-13+. The summed E-state index contributed by atoms with van der Waals surface area (Å²) in [4.78, 5) is 0. The van der Waals surface area contributed by atoms with Crippen molar-refractivity contribution in [2.24, 2.45) is 0 Å². The van der Waals surface area contributed by atoms with E-state index < -0.39 is 0 Å². The highest BCUT2D eigenvalue weighted by Crippen LogP contribution is 2.17.